The summed E-state index contributed by atoms with van der Waals surface area (Å²) in [7, 11) is -3.42. The molecule has 1 aromatic rings. The van der Waals surface area contributed by atoms with E-state index in [4.69, 9.17) is 5.11 Å². The molecule has 0 aliphatic heterocycles. The number of hydrogen-bond donors (Lipinski definition) is 1. The van der Waals surface area contributed by atoms with E-state index in [1.54, 1.807) is 24.5 Å². The van der Waals surface area contributed by atoms with Crippen molar-refractivity contribution in [2.45, 2.75) is 13.0 Å². The Kier molecular flexibility index (Phi) is 4.59. The summed E-state index contributed by atoms with van der Waals surface area (Å²) in [5, 5.41) is 8.56. The third-order valence-corrected chi connectivity index (χ3v) is 3.38. The Labute approximate surface area is 100.0 Å². The normalized spacial score (nSPS) is 11.6. The molecule has 0 bridgehead atoms. The summed E-state index contributed by atoms with van der Waals surface area (Å²) in [6.07, 6.45) is 3.99. The minimum Gasteiger partial charge on any atom is -0.481 e. The van der Waals surface area contributed by atoms with Crippen molar-refractivity contribution in [3.8, 4) is 0 Å². The van der Waals surface area contributed by atoms with E-state index in [1.165, 1.54) is 0 Å². The molecule has 6 nitrogen and oxygen atoms in total. The van der Waals surface area contributed by atoms with E-state index in [-0.39, 0.29) is 19.5 Å². The number of carbonyl (C=O) groups is 1. The summed E-state index contributed by atoms with van der Waals surface area (Å²) >= 11 is 0. The lowest BCUT2D eigenvalue weighted by Gasteiger charge is -2.18. The van der Waals surface area contributed by atoms with E-state index in [2.05, 4.69) is 4.98 Å². The number of carboxylic acid groups (broad SMARTS) is 1. The van der Waals surface area contributed by atoms with E-state index in [0.717, 1.165) is 16.1 Å². The number of aromatic nitrogens is 1. The lowest BCUT2D eigenvalue weighted by Crippen LogP contribution is -2.31. The average molecular weight is 258 g/mol. The van der Waals surface area contributed by atoms with Gasteiger partial charge < -0.3 is 5.11 Å². The van der Waals surface area contributed by atoms with Gasteiger partial charge >= 0.3 is 5.97 Å². The van der Waals surface area contributed by atoms with Crippen molar-refractivity contribution in [2.24, 2.45) is 0 Å². The number of sulfonamides is 1. The Hall–Kier alpha value is -1.47. The second-order valence-corrected chi connectivity index (χ2v) is 5.58. The first-order valence-electron chi connectivity index (χ1n) is 4.95. The zero-order chi connectivity index (χ0) is 12.9. The Morgan fingerprint density at radius 1 is 1.53 bits per heavy atom. The molecule has 0 radical (unpaired) electrons. The molecule has 17 heavy (non-hydrogen) atoms. The quantitative estimate of drug-likeness (QED) is 0.793. The lowest BCUT2D eigenvalue weighted by atomic mass is 10.3. The Morgan fingerprint density at radius 2 is 2.24 bits per heavy atom. The van der Waals surface area contributed by atoms with Gasteiger partial charge in [-0.15, -0.1) is 0 Å². The molecule has 0 saturated heterocycles. The van der Waals surface area contributed by atoms with Gasteiger partial charge in [-0.1, -0.05) is 6.07 Å². The first kappa shape index (κ1) is 13.6. The van der Waals surface area contributed by atoms with Crippen LogP contribution in [0.5, 0.6) is 0 Å². The van der Waals surface area contributed by atoms with Crippen LogP contribution in [0.1, 0.15) is 12.0 Å². The first-order chi connectivity index (χ1) is 7.89. The number of nitrogens with zero attached hydrogens (tertiary/aromatic N) is 2. The van der Waals surface area contributed by atoms with E-state index >= 15 is 0 Å². The molecule has 7 heteroatoms. The highest BCUT2D eigenvalue weighted by Gasteiger charge is 2.17. The number of hydrogen-bond acceptors (Lipinski definition) is 4. The second-order valence-electron chi connectivity index (χ2n) is 3.60. The van der Waals surface area contributed by atoms with Crippen molar-refractivity contribution >= 4 is 16.0 Å². The number of aliphatic carboxylic acids is 1. The predicted molar refractivity (Wildman–Crippen MR) is 61.7 cm³/mol. The fourth-order valence-corrected chi connectivity index (χ4v) is 2.08. The van der Waals surface area contributed by atoms with E-state index < -0.39 is 16.0 Å². The molecular weight excluding hydrogens is 244 g/mol. The minimum atomic E-state index is -3.42. The molecule has 0 unspecified atom stereocenters. The largest absolute Gasteiger partial charge is 0.481 e. The van der Waals surface area contributed by atoms with Gasteiger partial charge in [0.05, 0.1) is 12.7 Å². The summed E-state index contributed by atoms with van der Waals surface area (Å²) in [6, 6.07) is 3.44. The molecule has 0 aliphatic carbocycles. The monoisotopic (exact) mass is 258 g/mol. The first-order valence-corrected chi connectivity index (χ1v) is 6.80. The lowest BCUT2D eigenvalue weighted by molar-refractivity contribution is -0.137. The summed E-state index contributed by atoms with van der Waals surface area (Å²) in [5.74, 6) is -1.02. The summed E-state index contributed by atoms with van der Waals surface area (Å²) in [5.41, 5.74) is 0.725. The van der Waals surface area contributed by atoms with Crippen molar-refractivity contribution in [3.63, 3.8) is 0 Å². The van der Waals surface area contributed by atoms with Crippen molar-refractivity contribution < 1.29 is 18.3 Å². The van der Waals surface area contributed by atoms with Crippen LogP contribution in [-0.4, -0.2) is 41.6 Å². The number of carboxylic acids is 1. The highest BCUT2D eigenvalue weighted by Crippen LogP contribution is 2.07. The topological polar surface area (TPSA) is 87.6 Å². The summed E-state index contributed by atoms with van der Waals surface area (Å²) in [6.45, 7) is 0.100. The maximum atomic E-state index is 11.5. The van der Waals surface area contributed by atoms with Crippen LogP contribution in [0.2, 0.25) is 0 Å². The van der Waals surface area contributed by atoms with Gasteiger partial charge in [0.2, 0.25) is 10.0 Å². The fourth-order valence-electron chi connectivity index (χ4n) is 1.28. The van der Waals surface area contributed by atoms with Crippen molar-refractivity contribution in [2.75, 3.05) is 12.8 Å². The van der Waals surface area contributed by atoms with Crippen LogP contribution >= 0.6 is 0 Å². The Bertz CT molecular complexity index is 472. The van der Waals surface area contributed by atoms with Crippen molar-refractivity contribution in [1.29, 1.82) is 0 Å². The van der Waals surface area contributed by atoms with Crippen LogP contribution in [0.15, 0.2) is 24.5 Å². The molecule has 1 heterocycles. The Balaban J connectivity index is 2.75. The average Bonchev–Trinajstić information content (AvgIpc) is 2.23. The van der Waals surface area contributed by atoms with Crippen LogP contribution in [0, 0.1) is 0 Å². The van der Waals surface area contributed by atoms with E-state index in [9.17, 15) is 13.2 Å². The van der Waals surface area contributed by atoms with Crippen molar-refractivity contribution in [3.05, 3.63) is 30.1 Å². The molecule has 0 fully saturated rings. The molecule has 0 saturated carbocycles. The molecule has 0 spiro atoms. The number of rotatable bonds is 6. The molecule has 1 N–H and O–H groups in total. The standard InChI is InChI=1S/C10H14N2O4S/c1-17(15,16)12(6-4-10(13)14)8-9-3-2-5-11-7-9/h2-3,5,7H,4,6,8H2,1H3,(H,13,14). The molecule has 0 aliphatic rings. The third-order valence-electron chi connectivity index (χ3n) is 2.13. The van der Waals surface area contributed by atoms with Crippen molar-refractivity contribution in [1.82, 2.24) is 9.29 Å². The smallest absolute Gasteiger partial charge is 0.304 e. The van der Waals surface area contributed by atoms with E-state index in [0.29, 0.717) is 0 Å². The predicted octanol–water partition coefficient (Wildman–Crippen LogP) is 0.318. The molecule has 0 atom stereocenters. The number of pyridine rings is 1. The molecule has 1 rings (SSSR count). The van der Waals surface area contributed by atoms with E-state index in [1.807, 2.05) is 0 Å². The van der Waals surface area contributed by atoms with Gasteiger partial charge in [0, 0.05) is 25.5 Å². The second kappa shape index (κ2) is 5.74. The van der Waals surface area contributed by atoms with Gasteiger partial charge in [-0.25, -0.2) is 8.42 Å². The molecule has 0 amide bonds. The van der Waals surface area contributed by atoms with Gasteiger partial charge in [-0.2, -0.15) is 4.31 Å². The highest BCUT2D eigenvalue weighted by molar-refractivity contribution is 7.88. The fraction of sp³-hybridized carbons (Fsp3) is 0.400. The van der Waals surface area contributed by atoms with Gasteiger partial charge in [0.15, 0.2) is 0 Å². The van der Waals surface area contributed by atoms with Crippen LogP contribution in [-0.2, 0) is 21.4 Å². The molecular formula is C10H14N2O4S. The highest BCUT2D eigenvalue weighted by atomic mass is 32.2. The molecule has 0 aromatic carbocycles. The van der Waals surface area contributed by atoms with Gasteiger partial charge in [0.1, 0.15) is 0 Å². The summed E-state index contributed by atoms with van der Waals surface area (Å²) in [4.78, 5) is 14.3. The molecule has 1 aromatic heterocycles. The zero-order valence-corrected chi connectivity index (χ0v) is 10.2. The maximum absolute atomic E-state index is 11.5. The SMILES string of the molecule is CS(=O)(=O)N(CCC(=O)O)Cc1cccnc1. The zero-order valence-electron chi connectivity index (χ0n) is 9.41. The van der Waals surface area contributed by atoms with Crippen LogP contribution in [0.25, 0.3) is 0 Å². The van der Waals surface area contributed by atoms with Crippen LogP contribution in [0.4, 0.5) is 0 Å². The Morgan fingerprint density at radius 3 is 2.71 bits per heavy atom. The summed E-state index contributed by atoms with van der Waals surface area (Å²) < 4.78 is 24.0. The van der Waals surface area contributed by atoms with Gasteiger partial charge in [0.25, 0.3) is 0 Å². The van der Waals surface area contributed by atoms with Crippen LogP contribution in [0.3, 0.4) is 0 Å². The van der Waals surface area contributed by atoms with Gasteiger partial charge in [-0.3, -0.25) is 9.78 Å². The molecule has 94 valence electrons. The van der Waals surface area contributed by atoms with Gasteiger partial charge in [-0.05, 0) is 11.6 Å². The van der Waals surface area contributed by atoms with Crippen LogP contribution < -0.4 is 0 Å². The maximum Gasteiger partial charge on any atom is 0.304 e. The minimum absolute atomic E-state index is 0.0386. The third kappa shape index (κ3) is 4.92.